The molecule has 3 rings (SSSR count). The second-order valence-corrected chi connectivity index (χ2v) is 7.33. The van der Waals surface area contributed by atoms with Gasteiger partial charge in [-0.1, -0.05) is 63.7 Å². The summed E-state index contributed by atoms with van der Waals surface area (Å²) < 4.78 is 6.33. The highest BCUT2D eigenvalue weighted by Gasteiger charge is 2.18. The first kappa shape index (κ1) is 18.3. The number of hydrogen-bond acceptors (Lipinski definition) is 5. The third-order valence-corrected chi connectivity index (χ3v) is 4.97. The lowest BCUT2D eigenvalue weighted by Gasteiger charge is -2.05. The molecule has 0 radical (unpaired) electrons. The lowest BCUT2D eigenvalue weighted by molar-refractivity contribution is -0.118. The number of carbonyl (C=O) groups is 2. The van der Waals surface area contributed by atoms with Crippen LogP contribution in [-0.2, 0) is 4.79 Å². The highest BCUT2D eigenvalue weighted by Crippen LogP contribution is 2.31. The molecule has 7 heteroatoms. The lowest BCUT2D eigenvalue weighted by atomic mass is 10.1. The monoisotopic (exact) mass is 430 g/mol. The molecule has 0 spiro atoms. The highest BCUT2D eigenvalue weighted by atomic mass is 79.9. The minimum absolute atomic E-state index is 0.0905. The average molecular weight is 431 g/mol. The van der Waals surface area contributed by atoms with E-state index in [1.165, 1.54) is 6.92 Å². The van der Waals surface area contributed by atoms with E-state index in [2.05, 4.69) is 26.2 Å². The van der Waals surface area contributed by atoms with Gasteiger partial charge in [-0.3, -0.25) is 14.9 Å². The van der Waals surface area contributed by atoms with Crippen molar-refractivity contribution in [3.05, 3.63) is 63.9 Å². The molecule has 0 unspecified atom stereocenters. The Kier molecular flexibility index (Phi) is 5.80. The van der Waals surface area contributed by atoms with Crippen LogP contribution in [0.2, 0.25) is 0 Å². The number of ether oxygens (including phenoxy) is 1. The SMILES string of the molecule is CC(=O)c1sc(NC(=O)COc2cccc(Br)c2)nc1-c1ccccc1. The summed E-state index contributed by atoms with van der Waals surface area (Å²) in [5.74, 6) is 0.156. The van der Waals surface area contributed by atoms with Gasteiger partial charge in [-0.2, -0.15) is 0 Å². The number of aromatic nitrogens is 1. The number of ketones is 1. The molecule has 132 valence electrons. The second-order valence-electron chi connectivity index (χ2n) is 5.41. The Labute approximate surface area is 163 Å². The van der Waals surface area contributed by atoms with Crippen LogP contribution < -0.4 is 10.1 Å². The Morgan fingerprint density at radius 2 is 1.92 bits per heavy atom. The van der Waals surface area contributed by atoms with Gasteiger partial charge in [0.05, 0.1) is 10.6 Å². The fourth-order valence-corrected chi connectivity index (χ4v) is 3.54. The number of Topliss-reactive ketones (excluding diaryl/α,β-unsaturated/α-hetero) is 1. The quantitative estimate of drug-likeness (QED) is 0.570. The van der Waals surface area contributed by atoms with E-state index in [0.29, 0.717) is 21.5 Å². The molecule has 0 aliphatic heterocycles. The zero-order valence-corrected chi connectivity index (χ0v) is 16.3. The summed E-state index contributed by atoms with van der Waals surface area (Å²) in [5, 5.41) is 3.06. The molecule has 0 saturated carbocycles. The van der Waals surface area contributed by atoms with E-state index in [1.54, 1.807) is 12.1 Å². The lowest BCUT2D eigenvalue weighted by Crippen LogP contribution is -2.20. The first-order valence-corrected chi connectivity index (χ1v) is 9.39. The number of thiazole rings is 1. The zero-order chi connectivity index (χ0) is 18.5. The molecule has 2 aromatic carbocycles. The van der Waals surface area contributed by atoms with Crippen molar-refractivity contribution in [3.63, 3.8) is 0 Å². The van der Waals surface area contributed by atoms with Gasteiger partial charge in [0, 0.05) is 17.0 Å². The van der Waals surface area contributed by atoms with Crippen LogP contribution in [0.5, 0.6) is 5.75 Å². The molecule has 0 bridgehead atoms. The molecular weight excluding hydrogens is 416 g/mol. The molecule has 0 fully saturated rings. The summed E-state index contributed by atoms with van der Waals surface area (Å²) >= 11 is 4.51. The van der Waals surface area contributed by atoms with Crippen LogP contribution in [-0.4, -0.2) is 23.3 Å². The molecular formula is C19H15BrN2O3S. The molecule has 1 N–H and O–H groups in total. The van der Waals surface area contributed by atoms with Gasteiger partial charge in [-0.25, -0.2) is 4.98 Å². The van der Waals surface area contributed by atoms with Crippen molar-refractivity contribution in [1.29, 1.82) is 0 Å². The number of benzene rings is 2. The number of halogens is 1. The molecule has 0 aliphatic carbocycles. The Morgan fingerprint density at radius 3 is 2.62 bits per heavy atom. The molecule has 5 nitrogen and oxygen atoms in total. The van der Waals surface area contributed by atoms with Crippen molar-refractivity contribution in [1.82, 2.24) is 4.98 Å². The predicted molar refractivity (Wildman–Crippen MR) is 106 cm³/mol. The van der Waals surface area contributed by atoms with E-state index in [-0.39, 0.29) is 18.3 Å². The smallest absolute Gasteiger partial charge is 0.264 e. The number of amides is 1. The van der Waals surface area contributed by atoms with Gasteiger partial charge in [0.25, 0.3) is 5.91 Å². The largest absolute Gasteiger partial charge is 0.484 e. The maximum absolute atomic E-state index is 12.1. The van der Waals surface area contributed by atoms with Crippen molar-refractivity contribution < 1.29 is 14.3 Å². The Bertz CT molecular complexity index is 941. The fraction of sp³-hybridized carbons (Fsp3) is 0.105. The van der Waals surface area contributed by atoms with E-state index < -0.39 is 0 Å². The predicted octanol–water partition coefficient (Wildman–Crippen LogP) is 4.79. The summed E-state index contributed by atoms with van der Waals surface area (Å²) in [6, 6.07) is 16.6. The van der Waals surface area contributed by atoms with Crippen molar-refractivity contribution in [2.75, 3.05) is 11.9 Å². The number of carbonyl (C=O) groups excluding carboxylic acids is 2. The standard InChI is InChI=1S/C19H15BrN2O3S/c1-12(23)18-17(13-6-3-2-4-7-13)22-19(26-18)21-16(24)11-25-15-9-5-8-14(20)10-15/h2-10H,11H2,1H3,(H,21,22,24). The molecule has 0 atom stereocenters. The first-order valence-electron chi connectivity index (χ1n) is 7.78. The number of hydrogen-bond donors (Lipinski definition) is 1. The van der Waals surface area contributed by atoms with Gasteiger partial charge in [0.2, 0.25) is 0 Å². The molecule has 0 saturated heterocycles. The van der Waals surface area contributed by atoms with E-state index >= 15 is 0 Å². The molecule has 3 aromatic rings. The van der Waals surface area contributed by atoms with Crippen LogP contribution in [0, 0.1) is 0 Å². The van der Waals surface area contributed by atoms with Crippen molar-refractivity contribution in [3.8, 4) is 17.0 Å². The number of anilines is 1. The van der Waals surface area contributed by atoms with Crippen molar-refractivity contribution in [2.24, 2.45) is 0 Å². The summed E-state index contributed by atoms with van der Waals surface area (Å²) in [6.07, 6.45) is 0. The highest BCUT2D eigenvalue weighted by molar-refractivity contribution is 9.10. The van der Waals surface area contributed by atoms with Gasteiger partial charge in [-0.05, 0) is 18.2 Å². The Balaban J connectivity index is 1.71. The molecule has 1 heterocycles. The molecule has 1 aromatic heterocycles. The maximum atomic E-state index is 12.1. The zero-order valence-electron chi connectivity index (χ0n) is 13.9. The van der Waals surface area contributed by atoms with E-state index in [0.717, 1.165) is 21.4 Å². The van der Waals surface area contributed by atoms with Crippen LogP contribution in [0.1, 0.15) is 16.6 Å². The third kappa shape index (κ3) is 4.56. The third-order valence-electron chi connectivity index (χ3n) is 3.41. The fourth-order valence-electron chi connectivity index (χ4n) is 2.26. The minimum Gasteiger partial charge on any atom is -0.484 e. The van der Waals surface area contributed by atoms with Gasteiger partial charge in [-0.15, -0.1) is 0 Å². The molecule has 26 heavy (non-hydrogen) atoms. The normalized spacial score (nSPS) is 10.4. The van der Waals surface area contributed by atoms with E-state index in [9.17, 15) is 9.59 Å². The number of rotatable bonds is 6. The Morgan fingerprint density at radius 1 is 1.15 bits per heavy atom. The minimum atomic E-state index is -0.339. The van der Waals surface area contributed by atoms with Gasteiger partial charge in [0.15, 0.2) is 17.5 Å². The summed E-state index contributed by atoms with van der Waals surface area (Å²) in [7, 11) is 0. The van der Waals surface area contributed by atoms with Crippen LogP contribution in [0.4, 0.5) is 5.13 Å². The topological polar surface area (TPSA) is 68.3 Å². The van der Waals surface area contributed by atoms with Gasteiger partial charge in [0.1, 0.15) is 5.75 Å². The van der Waals surface area contributed by atoms with Crippen molar-refractivity contribution in [2.45, 2.75) is 6.92 Å². The average Bonchev–Trinajstić information content (AvgIpc) is 3.05. The summed E-state index contributed by atoms with van der Waals surface area (Å²) in [5.41, 5.74) is 1.41. The number of nitrogens with zero attached hydrogens (tertiary/aromatic N) is 1. The van der Waals surface area contributed by atoms with Crippen LogP contribution in [0.3, 0.4) is 0 Å². The van der Waals surface area contributed by atoms with Crippen LogP contribution in [0.15, 0.2) is 59.1 Å². The second kappa shape index (κ2) is 8.25. The molecule has 1 amide bonds. The number of nitrogens with one attached hydrogen (secondary N) is 1. The summed E-state index contributed by atoms with van der Waals surface area (Å²) in [6.45, 7) is 1.34. The van der Waals surface area contributed by atoms with E-state index in [4.69, 9.17) is 4.74 Å². The van der Waals surface area contributed by atoms with E-state index in [1.807, 2.05) is 42.5 Å². The summed E-state index contributed by atoms with van der Waals surface area (Å²) in [4.78, 5) is 29.0. The first-order chi connectivity index (χ1) is 12.5. The van der Waals surface area contributed by atoms with Gasteiger partial charge >= 0.3 is 0 Å². The Hall–Kier alpha value is -2.51. The van der Waals surface area contributed by atoms with Gasteiger partial charge < -0.3 is 4.74 Å². The maximum Gasteiger partial charge on any atom is 0.264 e. The molecule has 0 aliphatic rings. The van der Waals surface area contributed by atoms with Crippen molar-refractivity contribution >= 4 is 44.1 Å². The van der Waals surface area contributed by atoms with Crippen LogP contribution in [0.25, 0.3) is 11.3 Å². The van der Waals surface area contributed by atoms with Crippen LogP contribution >= 0.6 is 27.3 Å².